The molecule has 1 N–H and O–H groups in total. The third-order valence-corrected chi connectivity index (χ3v) is 5.92. The minimum atomic E-state index is -3.68. The fourth-order valence-electron chi connectivity index (χ4n) is 2.95. The van der Waals surface area contributed by atoms with Gasteiger partial charge in [-0.25, -0.2) is 13.1 Å². The van der Waals surface area contributed by atoms with E-state index >= 15 is 0 Å². The van der Waals surface area contributed by atoms with Crippen molar-refractivity contribution in [3.05, 3.63) is 59.3 Å². The van der Waals surface area contributed by atoms with Gasteiger partial charge in [0.2, 0.25) is 10.0 Å². The number of methoxy groups -OCH3 is 1. The Bertz CT molecular complexity index is 1040. The van der Waals surface area contributed by atoms with E-state index in [0.717, 1.165) is 27.6 Å². The van der Waals surface area contributed by atoms with Gasteiger partial charge in [0.15, 0.2) is 0 Å². The second-order valence-electron chi connectivity index (χ2n) is 6.19. The highest BCUT2D eigenvalue weighted by atomic mass is 32.2. The molecule has 0 radical (unpaired) electrons. The van der Waals surface area contributed by atoms with Crippen molar-refractivity contribution in [1.29, 1.82) is 0 Å². The summed E-state index contributed by atoms with van der Waals surface area (Å²) in [5.41, 5.74) is 3.90. The van der Waals surface area contributed by atoms with Gasteiger partial charge in [-0.1, -0.05) is 18.2 Å². The highest BCUT2D eigenvalue weighted by molar-refractivity contribution is 7.89. The zero-order chi connectivity index (χ0) is 18.2. The number of sulfonamides is 1. The highest BCUT2D eigenvalue weighted by Crippen LogP contribution is 2.28. The van der Waals surface area contributed by atoms with Gasteiger partial charge in [-0.3, -0.25) is 0 Å². The van der Waals surface area contributed by atoms with Crippen molar-refractivity contribution in [2.24, 2.45) is 7.05 Å². The lowest BCUT2D eigenvalue weighted by Crippen LogP contribution is -2.24. The molecule has 3 rings (SSSR count). The lowest BCUT2D eigenvalue weighted by molar-refractivity contribution is 0.402. The van der Waals surface area contributed by atoms with Crippen molar-refractivity contribution >= 4 is 20.9 Å². The topological polar surface area (TPSA) is 60.3 Å². The van der Waals surface area contributed by atoms with Crippen molar-refractivity contribution in [2.45, 2.75) is 25.3 Å². The van der Waals surface area contributed by atoms with E-state index in [-0.39, 0.29) is 11.4 Å². The van der Waals surface area contributed by atoms with Gasteiger partial charge in [-0.15, -0.1) is 0 Å². The SMILES string of the molecule is COc1cc(C)c(C)cc1S(=O)(=O)NCc1cn(C)c2ccccc12. The predicted octanol–water partition coefficient (Wildman–Crippen LogP) is 3.28. The zero-order valence-electron chi connectivity index (χ0n) is 14.8. The van der Waals surface area contributed by atoms with Crippen LogP contribution in [0.5, 0.6) is 5.75 Å². The summed E-state index contributed by atoms with van der Waals surface area (Å²) >= 11 is 0. The molecule has 132 valence electrons. The van der Waals surface area contributed by atoms with E-state index < -0.39 is 10.0 Å². The third-order valence-electron chi connectivity index (χ3n) is 4.50. The molecule has 0 aliphatic heterocycles. The molecule has 0 saturated heterocycles. The molecule has 1 aromatic heterocycles. The van der Waals surface area contributed by atoms with E-state index in [1.165, 1.54) is 7.11 Å². The minimum Gasteiger partial charge on any atom is -0.495 e. The van der Waals surface area contributed by atoms with E-state index in [1.807, 2.05) is 55.9 Å². The Kier molecular flexibility index (Phi) is 4.58. The molecule has 0 saturated carbocycles. The van der Waals surface area contributed by atoms with Crippen LogP contribution in [0, 0.1) is 13.8 Å². The van der Waals surface area contributed by atoms with Crippen LogP contribution in [0.15, 0.2) is 47.5 Å². The van der Waals surface area contributed by atoms with Gasteiger partial charge < -0.3 is 9.30 Å². The number of benzene rings is 2. The van der Waals surface area contributed by atoms with E-state index in [2.05, 4.69) is 4.72 Å². The summed E-state index contributed by atoms with van der Waals surface area (Å²) < 4.78 is 35.6. The molecule has 0 bridgehead atoms. The van der Waals surface area contributed by atoms with Gasteiger partial charge in [-0.05, 0) is 48.7 Å². The maximum atomic E-state index is 12.8. The molecule has 0 aliphatic rings. The number of nitrogens with one attached hydrogen (secondary N) is 1. The Hall–Kier alpha value is -2.31. The number of para-hydroxylation sites is 1. The van der Waals surface area contributed by atoms with Gasteiger partial charge in [0.05, 0.1) is 7.11 Å². The van der Waals surface area contributed by atoms with Crippen LogP contribution in [0.2, 0.25) is 0 Å². The average molecular weight is 358 g/mol. The summed E-state index contributed by atoms with van der Waals surface area (Å²) in [5, 5.41) is 1.04. The smallest absolute Gasteiger partial charge is 0.244 e. The fraction of sp³-hybridized carbons (Fsp3) is 0.263. The molecule has 5 nitrogen and oxygen atoms in total. The lowest BCUT2D eigenvalue weighted by atomic mass is 10.1. The van der Waals surface area contributed by atoms with Crippen LogP contribution in [0.25, 0.3) is 10.9 Å². The molecule has 2 aromatic carbocycles. The number of hydrogen-bond acceptors (Lipinski definition) is 3. The molecular formula is C19H22N2O3S. The van der Waals surface area contributed by atoms with E-state index in [9.17, 15) is 8.42 Å². The van der Waals surface area contributed by atoms with Crippen LogP contribution in [-0.4, -0.2) is 20.1 Å². The number of rotatable bonds is 5. The standard InChI is InChI=1S/C19H22N2O3S/c1-13-9-18(24-4)19(10-14(13)2)25(22,23)20-11-15-12-21(3)17-8-6-5-7-16(15)17/h5-10,12,20H,11H2,1-4H3. The average Bonchev–Trinajstić information content (AvgIpc) is 2.91. The molecule has 0 fully saturated rings. The first kappa shape index (κ1) is 17.5. The van der Waals surface area contributed by atoms with Crippen molar-refractivity contribution < 1.29 is 13.2 Å². The first-order valence-electron chi connectivity index (χ1n) is 8.01. The quantitative estimate of drug-likeness (QED) is 0.761. The predicted molar refractivity (Wildman–Crippen MR) is 99.4 cm³/mol. The van der Waals surface area contributed by atoms with E-state index in [4.69, 9.17) is 4.74 Å². The van der Waals surface area contributed by atoms with Crippen molar-refractivity contribution in [1.82, 2.24) is 9.29 Å². The second-order valence-corrected chi connectivity index (χ2v) is 7.93. The van der Waals surface area contributed by atoms with Crippen molar-refractivity contribution in [2.75, 3.05) is 7.11 Å². The molecule has 6 heteroatoms. The van der Waals surface area contributed by atoms with Crippen LogP contribution in [0.1, 0.15) is 16.7 Å². The summed E-state index contributed by atoms with van der Waals surface area (Å²) in [4.78, 5) is 0.165. The normalized spacial score (nSPS) is 11.8. The van der Waals surface area contributed by atoms with Crippen LogP contribution in [0.3, 0.4) is 0 Å². The van der Waals surface area contributed by atoms with Crippen LogP contribution in [-0.2, 0) is 23.6 Å². The van der Waals surface area contributed by atoms with Gasteiger partial charge in [0, 0.05) is 30.7 Å². The molecule has 1 heterocycles. The summed E-state index contributed by atoms with van der Waals surface area (Å²) in [6.45, 7) is 4.04. The van der Waals surface area contributed by atoms with Crippen LogP contribution in [0.4, 0.5) is 0 Å². The fourth-order valence-corrected chi connectivity index (χ4v) is 4.19. The zero-order valence-corrected chi connectivity index (χ0v) is 15.6. The molecule has 0 spiro atoms. The maximum Gasteiger partial charge on any atom is 0.244 e. The van der Waals surface area contributed by atoms with E-state index in [1.54, 1.807) is 12.1 Å². The summed E-state index contributed by atoms with van der Waals surface area (Å²) in [6.07, 6.45) is 1.95. The Morgan fingerprint density at radius 1 is 1.12 bits per heavy atom. The Balaban J connectivity index is 1.93. The number of aryl methyl sites for hydroxylation is 3. The summed E-state index contributed by atoms with van der Waals surface area (Å²) in [5.74, 6) is 0.355. The molecule has 0 atom stereocenters. The largest absolute Gasteiger partial charge is 0.495 e. The molecule has 0 amide bonds. The second kappa shape index (κ2) is 6.54. The van der Waals surface area contributed by atoms with E-state index in [0.29, 0.717) is 5.75 Å². The molecule has 25 heavy (non-hydrogen) atoms. The number of fused-ring (bicyclic) bond motifs is 1. The number of hydrogen-bond donors (Lipinski definition) is 1. The third kappa shape index (κ3) is 3.27. The monoisotopic (exact) mass is 358 g/mol. The maximum absolute atomic E-state index is 12.8. The number of aromatic nitrogens is 1. The first-order valence-corrected chi connectivity index (χ1v) is 9.49. The Morgan fingerprint density at radius 2 is 1.80 bits per heavy atom. The highest BCUT2D eigenvalue weighted by Gasteiger charge is 2.21. The molecule has 0 unspecified atom stereocenters. The van der Waals surface area contributed by atoms with Crippen LogP contribution >= 0.6 is 0 Å². The Morgan fingerprint density at radius 3 is 2.52 bits per heavy atom. The molecule has 3 aromatic rings. The summed E-state index contributed by atoms with van der Waals surface area (Å²) in [7, 11) is -0.253. The molecular weight excluding hydrogens is 336 g/mol. The minimum absolute atomic E-state index is 0.165. The van der Waals surface area contributed by atoms with Crippen LogP contribution < -0.4 is 9.46 Å². The van der Waals surface area contributed by atoms with Gasteiger partial charge in [0.1, 0.15) is 10.6 Å². The van der Waals surface area contributed by atoms with Crippen molar-refractivity contribution in [3.8, 4) is 5.75 Å². The number of nitrogens with zero attached hydrogens (tertiary/aromatic N) is 1. The number of ether oxygens (including phenoxy) is 1. The Labute approximate surface area is 148 Å². The summed E-state index contributed by atoms with van der Waals surface area (Å²) in [6, 6.07) is 11.3. The first-order chi connectivity index (χ1) is 11.8. The van der Waals surface area contributed by atoms with Crippen molar-refractivity contribution in [3.63, 3.8) is 0 Å². The lowest BCUT2D eigenvalue weighted by Gasteiger charge is -2.13. The van der Waals surface area contributed by atoms with Gasteiger partial charge in [0.25, 0.3) is 0 Å². The molecule has 0 aliphatic carbocycles. The van der Waals surface area contributed by atoms with Gasteiger partial charge >= 0.3 is 0 Å². The van der Waals surface area contributed by atoms with Gasteiger partial charge in [-0.2, -0.15) is 0 Å².